The highest BCUT2D eigenvalue weighted by Crippen LogP contribution is 2.09. The van der Waals surface area contributed by atoms with E-state index >= 15 is 0 Å². The summed E-state index contributed by atoms with van der Waals surface area (Å²) in [4.78, 5) is 4.24. The molecule has 0 aliphatic carbocycles. The van der Waals surface area contributed by atoms with Gasteiger partial charge in [0.15, 0.2) is 0 Å². The number of hydrogen-bond donors (Lipinski definition) is 1. The molecule has 0 saturated carbocycles. The van der Waals surface area contributed by atoms with Gasteiger partial charge >= 0.3 is 0 Å². The molecule has 1 aromatic heterocycles. The van der Waals surface area contributed by atoms with Crippen LogP contribution in [0.3, 0.4) is 0 Å². The van der Waals surface area contributed by atoms with Gasteiger partial charge in [-0.2, -0.15) is 5.10 Å². The van der Waals surface area contributed by atoms with Crippen LogP contribution >= 0.6 is 0 Å². The average Bonchev–Trinajstić information content (AvgIpc) is 2.81. The van der Waals surface area contributed by atoms with E-state index in [1.54, 1.807) is 6.33 Å². The largest absolute Gasteiger partial charge is 0.313 e. The van der Waals surface area contributed by atoms with Crippen LogP contribution in [0.5, 0.6) is 0 Å². The fraction of sp³-hybridized carbons (Fsp3) is 0.857. The summed E-state index contributed by atoms with van der Waals surface area (Å²) >= 11 is 0. The molecule has 1 rings (SSSR count). The van der Waals surface area contributed by atoms with Gasteiger partial charge in [0.25, 0.3) is 0 Å². The van der Waals surface area contributed by atoms with Gasteiger partial charge in [-0.15, -0.1) is 0 Å². The van der Waals surface area contributed by atoms with Crippen LogP contribution in [-0.2, 0) is 13.1 Å². The molecule has 0 fully saturated rings. The molecule has 18 heavy (non-hydrogen) atoms. The first kappa shape index (κ1) is 15.2. The fourth-order valence-corrected chi connectivity index (χ4v) is 2.17. The van der Waals surface area contributed by atoms with Crippen LogP contribution in [0.2, 0.25) is 0 Å². The lowest BCUT2D eigenvalue weighted by molar-refractivity contribution is 0.501. The Kier molecular flexibility index (Phi) is 8.47. The highest BCUT2D eigenvalue weighted by atomic mass is 15.3. The second-order valence-corrected chi connectivity index (χ2v) is 4.90. The van der Waals surface area contributed by atoms with Crippen molar-refractivity contribution in [2.24, 2.45) is 0 Å². The summed E-state index contributed by atoms with van der Waals surface area (Å²) in [5.41, 5.74) is 0. The zero-order valence-electron chi connectivity index (χ0n) is 12.0. The minimum Gasteiger partial charge on any atom is -0.313 e. The Morgan fingerprint density at radius 2 is 1.72 bits per heavy atom. The highest BCUT2D eigenvalue weighted by molar-refractivity contribution is 4.82. The standard InChI is InChI=1S/C14H28N4/c1-3-4-5-6-7-8-9-10-11-18-14(12-15-2)16-13-17-18/h13,15H,3-12H2,1-2H3. The molecule has 0 saturated heterocycles. The van der Waals surface area contributed by atoms with Crippen LogP contribution in [0.25, 0.3) is 0 Å². The second-order valence-electron chi connectivity index (χ2n) is 4.90. The van der Waals surface area contributed by atoms with Crippen molar-refractivity contribution in [3.05, 3.63) is 12.2 Å². The van der Waals surface area contributed by atoms with Gasteiger partial charge < -0.3 is 5.32 Å². The summed E-state index contributed by atoms with van der Waals surface area (Å²) in [6, 6.07) is 0. The van der Waals surface area contributed by atoms with E-state index in [0.717, 1.165) is 18.9 Å². The molecule has 0 spiro atoms. The van der Waals surface area contributed by atoms with E-state index in [4.69, 9.17) is 0 Å². The smallest absolute Gasteiger partial charge is 0.140 e. The number of nitrogens with one attached hydrogen (secondary N) is 1. The van der Waals surface area contributed by atoms with Gasteiger partial charge in [0.05, 0.1) is 6.54 Å². The molecule has 0 aliphatic heterocycles. The molecule has 0 aromatic carbocycles. The van der Waals surface area contributed by atoms with Crippen LogP contribution in [0.1, 0.15) is 64.1 Å². The van der Waals surface area contributed by atoms with Gasteiger partial charge in [0.1, 0.15) is 12.2 Å². The Balaban J connectivity index is 2.01. The minimum absolute atomic E-state index is 0.803. The number of nitrogens with zero attached hydrogens (tertiary/aromatic N) is 3. The van der Waals surface area contributed by atoms with E-state index in [-0.39, 0.29) is 0 Å². The maximum absolute atomic E-state index is 4.26. The summed E-state index contributed by atoms with van der Waals surface area (Å²) < 4.78 is 2.02. The van der Waals surface area contributed by atoms with Crippen LogP contribution in [-0.4, -0.2) is 21.8 Å². The van der Waals surface area contributed by atoms with Crippen molar-refractivity contribution in [2.75, 3.05) is 7.05 Å². The Morgan fingerprint density at radius 1 is 1.06 bits per heavy atom. The topological polar surface area (TPSA) is 42.7 Å². The van der Waals surface area contributed by atoms with Crippen molar-refractivity contribution in [2.45, 2.75) is 71.4 Å². The fourth-order valence-electron chi connectivity index (χ4n) is 2.17. The molecule has 0 radical (unpaired) electrons. The third kappa shape index (κ3) is 6.15. The first-order valence-corrected chi connectivity index (χ1v) is 7.39. The summed E-state index contributed by atoms with van der Waals surface area (Å²) in [6.45, 7) is 4.07. The summed E-state index contributed by atoms with van der Waals surface area (Å²) in [7, 11) is 1.94. The van der Waals surface area contributed by atoms with Gasteiger partial charge in [0, 0.05) is 6.54 Å². The first-order valence-electron chi connectivity index (χ1n) is 7.39. The van der Waals surface area contributed by atoms with Crippen molar-refractivity contribution in [3.8, 4) is 0 Å². The Bertz CT molecular complexity index is 296. The van der Waals surface area contributed by atoms with Crippen LogP contribution in [0.15, 0.2) is 6.33 Å². The van der Waals surface area contributed by atoms with Gasteiger partial charge in [-0.25, -0.2) is 9.67 Å². The minimum atomic E-state index is 0.803. The zero-order chi connectivity index (χ0) is 13.1. The quantitative estimate of drug-likeness (QED) is 0.615. The Hall–Kier alpha value is -0.900. The maximum Gasteiger partial charge on any atom is 0.140 e. The molecule has 1 N–H and O–H groups in total. The third-order valence-electron chi connectivity index (χ3n) is 3.25. The lowest BCUT2D eigenvalue weighted by Crippen LogP contribution is -2.13. The predicted molar refractivity (Wildman–Crippen MR) is 75.4 cm³/mol. The molecule has 0 unspecified atom stereocenters. The van der Waals surface area contributed by atoms with Crippen molar-refractivity contribution < 1.29 is 0 Å². The molecular formula is C14H28N4. The normalized spacial score (nSPS) is 11.0. The summed E-state index contributed by atoms with van der Waals surface area (Å²) in [5, 5.41) is 7.38. The van der Waals surface area contributed by atoms with Crippen molar-refractivity contribution in [1.82, 2.24) is 20.1 Å². The van der Waals surface area contributed by atoms with Gasteiger partial charge in [-0.3, -0.25) is 0 Å². The highest BCUT2D eigenvalue weighted by Gasteiger charge is 2.02. The molecule has 104 valence electrons. The van der Waals surface area contributed by atoms with Crippen LogP contribution in [0.4, 0.5) is 0 Å². The number of unbranched alkanes of at least 4 members (excludes halogenated alkanes) is 7. The second kappa shape index (κ2) is 10.1. The number of aromatic nitrogens is 3. The van der Waals surface area contributed by atoms with Crippen LogP contribution < -0.4 is 5.32 Å². The van der Waals surface area contributed by atoms with E-state index < -0.39 is 0 Å². The molecule has 4 nitrogen and oxygen atoms in total. The van der Waals surface area contributed by atoms with E-state index in [1.165, 1.54) is 51.4 Å². The van der Waals surface area contributed by atoms with Gasteiger partial charge in [-0.05, 0) is 13.5 Å². The van der Waals surface area contributed by atoms with Crippen molar-refractivity contribution in [3.63, 3.8) is 0 Å². The lowest BCUT2D eigenvalue weighted by Gasteiger charge is -2.05. The summed E-state index contributed by atoms with van der Waals surface area (Å²) in [5.74, 6) is 1.04. The van der Waals surface area contributed by atoms with E-state index in [9.17, 15) is 0 Å². The molecular weight excluding hydrogens is 224 g/mol. The Labute approximate surface area is 111 Å². The lowest BCUT2D eigenvalue weighted by atomic mass is 10.1. The van der Waals surface area contributed by atoms with Gasteiger partial charge in [0.2, 0.25) is 0 Å². The van der Waals surface area contributed by atoms with E-state index in [2.05, 4.69) is 22.3 Å². The molecule has 0 aliphatic rings. The molecule has 1 heterocycles. The molecule has 4 heteroatoms. The average molecular weight is 252 g/mol. The first-order chi connectivity index (χ1) is 8.88. The monoisotopic (exact) mass is 252 g/mol. The molecule has 0 atom stereocenters. The molecule has 0 bridgehead atoms. The number of hydrogen-bond acceptors (Lipinski definition) is 3. The SMILES string of the molecule is CCCCCCCCCCn1ncnc1CNC. The third-order valence-corrected chi connectivity index (χ3v) is 3.25. The van der Waals surface area contributed by atoms with E-state index in [0.29, 0.717) is 0 Å². The predicted octanol–water partition coefficient (Wildman–Crippen LogP) is 3.14. The Morgan fingerprint density at radius 3 is 2.39 bits per heavy atom. The summed E-state index contributed by atoms with van der Waals surface area (Å²) in [6.07, 6.45) is 12.5. The number of aryl methyl sites for hydroxylation is 1. The zero-order valence-corrected chi connectivity index (χ0v) is 12.0. The van der Waals surface area contributed by atoms with Crippen molar-refractivity contribution in [1.29, 1.82) is 0 Å². The maximum atomic E-state index is 4.26. The van der Waals surface area contributed by atoms with Crippen molar-refractivity contribution >= 4 is 0 Å². The number of rotatable bonds is 11. The van der Waals surface area contributed by atoms with Gasteiger partial charge in [-0.1, -0.05) is 51.9 Å². The molecule has 0 amide bonds. The molecule has 1 aromatic rings. The van der Waals surface area contributed by atoms with E-state index in [1.807, 2.05) is 11.7 Å². The van der Waals surface area contributed by atoms with Crippen LogP contribution in [0, 0.1) is 0 Å².